The van der Waals surface area contributed by atoms with Gasteiger partial charge in [-0.15, -0.1) is 0 Å². The van der Waals surface area contributed by atoms with Crippen molar-refractivity contribution in [2.24, 2.45) is 0 Å². The summed E-state index contributed by atoms with van der Waals surface area (Å²) >= 11 is 0. The van der Waals surface area contributed by atoms with Gasteiger partial charge in [-0.2, -0.15) is 8.78 Å². The van der Waals surface area contributed by atoms with Gasteiger partial charge in [0.25, 0.3) is 5.92 Å². The molecule has 0 radical (unpaired) electrons. The monoisotopic (exact) mass is 488 g/mol. The van der Waals surface area contributed by atoms with Crippen LogP contribution in [-0.4, -0.2) is 35.7 Å². The average Bonchev–Trinajstić information content (AvgIpc) is 3.25. The Morgan fingerprint density at radius 2 is 1.64 bits per heavy atom. The number of benzene rings is 3. The van der Waals surface area contributed by atoms with E-state index in [0.717, 1.165) is 16.6 Å². The maximum atomic E-state index is 15.7. The average molecular weight is 489 g/mol. The van der Waals surface area contributed by atoms with Crippen LogP contribution >= 0.6 is 0 Å². The molecule has 1 amide bonds. The molecule has 3 aromatic rings. The number of piperidine rings is 1. The normalized spacial score (nSPS) is 25.5. The molecule has 36 heavy (non-hydrogen) atoms. The molecule has 6 heteroatoms. The highest BCUT2D eigenvalue weighted by atomic mass is 19.3. The van der Waals surface area contributed by atoms with Crippen LogP contribution in [0.25, 0.3) is 10.8 Å². The fourth-order valence-electron chi connectivity index (χ4n) is 6.74. The Balaban J connectivity index is 1.27. The van der Waals surface area contributed by atoms with Crippen molar-refractivity contribution in [3.8, 4) is 0 Å². The molecule has 0 spiro atoms. The predicted octanol–water partition coefficient (Wildman–Crippen LogP) is 6.12. The largest absolute Gasteiger partial charge is 0.308 e. The lowest BCUT2D eigenvalue weighted by molar-refractivity contribution is -0.128. The lowest BCUT2D eigenvalue weighted by Crippen LogP contribution is -2.51. The van der Waals surface area contributed by atoms with E-state index in [0.29, 0.717) is 43.3 Å². The predicted molar refractivity (Wildman–Crippen MR) is 136 cm³/mol. The Morgan fingerprint density at radius 1 is 0.972 bits per heavy atom. The van der Waals surface area contributed by atoms with Gasteiger partial charge in [0.05, 0.1) is 5.41 Å². The lowest BCUT2D eigenvalue weighted by Gasteiger charge is -2.41. The van der Waals surface area contributed by atoms with Gasteiger partial charge in [0.15, 0.2) is 0 Å². The third-order valence-corrected chi connectivity index (χ3v) is 8.56. The van der Waals surface area contributed by atoms with Gasteiger partial charge in [0, 0.05) is 43.2 Å². The number of rotatable bonds is 5. The van der Waals surface area contributed by atoms with Gasteiger partial charge in [-0.25, -0.2) is 0 Å². The first-order valence-electron chi connectivity index (χ1n) is 12.9. The summed E-state index contributed by atoms with van der Waals surface area (Å²) in [5, 5.41) is 1.53. The molecule has 3 aliphatic rings. The van der Waals surface area contributed by atoms with Crippen LogP contribution in [0, 0.1) is 0 Å². The summed E-state index contributed by atoms with van der Waals surface area (Å²) in [6, 6.07) is 17.4. The standard InChI is InChI=1S/C30H30F2N2O2/c1-3-21(35)18-29(2)23-11-4-5-13-25(23)34(28(29)36)20-14-16-33(17-15-20)27-22-10-6-8-19-9-7-12-24(26(19)22)30(27,31)32/h4-13,20,27H,3,14-18H2,1-2H3. The molecule has 0 saturated carbocycles. The highest BCUT2D eigenvalue weighted by molar-refractivity contribution is 6.10. The molecule has 4 nitrogen and oxygen atoms in total. The van der Waals surface area contributed by atoms with E-state index in [-0.39, 0.29) is 29.7 Å². The molecule has 6 rings (SSSR count). The topological polar surface area (TPSA) is 40.6 Å². The third kappa shape index (κ3) is 3.20. The second-order valence-electron chi connectivity index (χ2n) is 10.6. The number of carbonyl (C=O) groups excluding carboxylic acids is 2. The number of para-hydroxylation sites is 1. The van der Waals surface area contributed by atoms with Gasteiger partial charge in [-0.3, -0.25) is 14.5 Å². The van der Waals surface area contributed by atoms with E-state index in [2.05, 4.69) is 0 Å². The third-order valence-electron chi connectivity index (χ3n) is 8.56. The minimum atomic E-state index is -2.97. The molecule has 1 saturated heterocycles. The maximum Gasteiger partial charge on any atom is 0.293 e. The molecule has 1 aliphatic carbocycles. The molecular weight excluding hydrogens is 458 g/mol. The number of halogens is 2. The van der Waals surface area contributed by atoms with Gasteiger partial charge >= 0.3 is 0 Å². The number of ketones is 1. The van der Waals surface area contributed by atoms with Crippen LogP contribution in [0.5, 0.6) is 0 Å². The number of fused-ring (bicyclic) bond motifs is 1. The van der Waals surface area contributed by atoms with Crippen LogP contribution in [0.15, 0.2) is 60.7 Å². The Morgan fingerprint density at radius 3 is 2.36 bits per heavy atom. The van der Waals surface area contributed by atoms with Gasteiger partial charge in [0.1, 0.15) is 11.8 Å². The minimum absolute atomic E-state index is 0.0488. The smallest absolute Gasteiger partial charge is 0.293 e. The van der Waals surface area contributed by atoms with Crippen molar-refractivity contribution in [1.29, 1.82) is 0 Å². The van der Waals surface area contributed by atoms with E-state index in [9.17, 15) is 9.59 Å². The van der Waals surface area contributed by atoms with E-state index < -0.39 is 17.4 Å². The second-order valence-corrected chi connectivity index (χ2v) is 10.6. The summed E-state index contributed by atoms with van der Waals surface area (Å²) in [5.74, 6) is -2.95. The highest BCUT2D eigenvalue weighted by Crippen LogP contribution is 2.55. The number of nitrogens with zero attached hydrogens (tertiary/aromatic N) is 2. The van der Waals surface area contributed by atoms with Crippen LogP contribution in [-0.2, 0) is 20.9 Å². The summed E-state index contributed by atoms with van der Waals surface area (Å²) in [7, 11) is 0. The van der Waals surface area contributed by atoms with E-state index in [4.69, 9.17) is 0 Å². The van der Waals surface area contributed by atoms with Crippen LogP contribution in [0.1, 0.15) is 62.3 Å². The van der Waals surface area contributed by atoms with Gasteiger partial charge in [-0.1, -0.05) is 61.5 Å². The number of likely N-dealkylation sites (tertiary alicyclic amines) is 1. The van der Waals surface area contributed by atoms with Crippen LogP contribution < -0.4 is 4.90 Å². The fraction of sp³-hybridized carbons (Fsp3) is 0.400. The first-order valence-corrected chi connectivity index (χ1v) is 12.9. The Kier molecular flexibility index (Phi) is 5.31. The van der Waals surface area contributed by atoms with Crippen molar-refractivity contribution in [2.75, 3.05) is 18.0 Å². The summed E-state index contributed by atoms with van der Waals surface area (Å²) in [5.41, 5.74) is 1.68. The Bertz CT molecular complexity index is 1370. The molecule has 186 valence electrons. The van der Waals surface area contributed by atoms with E-state index >= 15 is 8.78 Å². The van der Waals surface area contributed by atoms with E-state index in [1.165, 1.54) is 0 Å². The van der Waals surface area contributed by atoms with Crippen molar-refractivity contribution in [3.63, 3.8) is 0 Å². The van der Waals surface area contributed by atoms with Crippen molar-refractivity contribution < 1.29 is 18.4 Å². The highest BCUT2D eigenvalue weighted by Gasteiger charge is 2.54. The molecule has 2 heterocycles. The SMILES string of the molecule is CCC(=O)CC1(C)C(=O)N(C2CCN(C3c4cccc5cccc(c45)C3(F)F)CC2)c2ccccc21. The molecule has 2 aliphatic heterocycles. The van der Waals surface area contributed by atoms with Crippen molar-refractivity contribution in [3.05, 3.63) is 77.4 Å². The van der Waals surface area contributed by atoms with Gasteiger partial charge in [0.2, 0.25) is 5.91 Å². The summed E-state index contributed by atoms with van der Waals surface area (Å²) in [4.78, 5) is 29.9. The first kappa shape index (κ1) is 23.3. The Labute approximate surface area is 209 Å². The molecular formula is C30H30F2N2O2. The number of alkyl halides is 2. The molecule has 0 bridgehead atoms. The summed E-state index contributed by atoms with van der Waals surface area (Å²) in [6.07, 6.45) is 1.80. The molecule has 1 fully saturated rings. The van der Waals surface area contributed by atoms with E-state index in [1.807, 2.05) is 72.2 Å². The number of amides is 1. The zero-order chi connectivity index (χ0) is 25.2. The summed E-state index contributed by atoms with van der Waals surface area (Å²) < 4.78 is 31.5. The second kappa shape index (κ2) is 8.20. The van der Waals surface area contributed by atoms with Gasteiger partial charge in [-0.05, 0) is 47.7 Å². The number of hydrogen-bond acceptors (Lipinski definition) is 3. The number of Topliss-reactive ketones (excluding diaryl/α,β-unsaturated/α-hetero) is 1. The zero-order valence-electron chi connectivity index (χ0n) is 20.6. The maximum absolute atomic E-state index is 15.7. The summed E-state index contributed by atoms with van der Waals surface area (Å²) in [6.45, 7) is 4.65. The van der Waals surface area contributed by atoms with Crippen molar-refractivity contribution in [2.45, 2.75) is 63.0 Å². The van der Waals surface area contributed by atoms with Crippen LogP contribution in [0.3, 0.4) is 0 Å². The fourth-order valence-corrected chi connectivity index (χ4v) is 6.74. The van der Waals surface area contributed by atoms with Crippen LogP contribution in [0.4, 0.5) is 14.5 Å². The van der Waals surface area contributed by atoms with Crippen molar-refractivity contribution >= 4 is 28.2 Å². The van der Waals surface area contributed by atoms with Gasteiger partial charge < -0.3 is 4.90 Å². The number of anilines is 1. The van der Waals surface area contributed by atoms with Crippen molar-refractivity contribution in [1.82, 2.24) is 4.90 Å². The van der Waals surface area contributed by atoms with E-state index in [1.54, 1.807) is 12.1 Å². The molecule has 2 unspecified atom stereocenters. The molecule has 0 N–H and O–H groups in total. The number of carbonyl (C=O) groups is 2. The number of hydrogen-bond donors (Lipinski definition) is 0. The molecule has 3 aromatic carbocycles. The Hall–Kier alpha value is -3.12. The first-order chi connectivity index (χ1) is 17.3. The van der Waals surface area contributed by atoms with Crippen LogP contribution in [0.2, 0.25) is 0 Å². The zero-order valence-corrected chi connectivity index (χ0v) is 20.6. The quantitative estimate of drug-likeness (QED) is 0.434. The molecule has 2 atom stereocenters. The molecule has 0 aromatic heterocycles. The lowest BCUT2D eigenvalue weighted by atomic mass is 9.79. The minimum Gasteiger partial charge on any atom is -0.308 e.